The Bertz CT molecular complexity index is 180. The van der Waals surface area contributed by atoms with E-state index in [0.717, 1.165) is 19.4 Å². The van der Waals surface area contributed by atoms with Gasteiger partial charge in [0, 0.05) is 0 Å². The highest BCUT2D eigenvalue weighted by Gasteiger charge is 2.63. The van der Waals surface area contributed by atoms with Crippen LogP contribution in [-0.2, 0) is 9.53 Å². The molecule has 3 heteroatoms. The Hall–Kier alpha value is -0.570. The maximum absolute atomic E-state index is 11.1. The Kier molecular flexibility index (Phi) is 1.06. The number of hydrogen-bond donors (Lipinski definition) is 1. The molecule has 2 unspecified atom stereocenters. The van der Waals surface area contributed by atoms with Crippen molar-refractivity contribution in [2.75, 3.05) is 13.7 Å². The van der Waals surface area contributed by atoms with Crippen molar-refractivity contribution in [3.8, 4) is 0 Å². The van der Waals surface area contributed by atoms with Gasteiger partial charge < -0.3 is 10.1 Å². The number of rotatable bonds is 1. The number of methoxy groups -OCH3 is 1. The third kappa shape index (κ3) is 0.560. The van der Waals surface area contributed by atoms with E-state index in [-0.39, 0.29) is 11.5 Å². The zero-order chi connectivity index (χ0) is 7.19. The van der Waals surface area contributed by atoms with Crippen LogP contribution in [0, 0.1) is 5.92 Å². The van der Waals surface area contributed by atoms with Crippen LogP contribution in [0.5, 0.6) is 0 Å². The van der Waals surface area contributed by atoms with Crippen molar-refractivity contribution in [2.45, 2.75) is 18.4 Å². The fourth-order valence-corrected chi connectivity index (χ4v) is 1.87. The van der Waals surface area contributed by atoms with E-state index in [2.05, 4.69) is 10.1 Å². The number of esters is 1. The summed E-state index contributed by atoms with van der Waals surface area (Å²) in [6.07, 6.45) is 2.12. The molecule has 0 amide bonds. The first-order valence-corrected chi connectivity index (χ1v) is 3.63. The summed E-state index contributed by atoms with van der Waals surface area (Å²) in [5.74, 6) is 0.495. The lowest BCUT2D eigenvalue weighted by Crippen LogP contribution is -2.37. The van der Waals surface area contributed by atoms with Gasteiger partial charge in [0.05, 0.1) is 7.11 Å². The highest BCUT2D eigenvalue weighted by atomic mass is 16.5. The number of nitrogens with one attached hydrogen (secondary N) is 1. The molecule has 1 aliphatic carbocycles. The first-order valence-electron chi connectivity index (χ1n) is 3.63. The van der Waals surface area contributed by atoms with E-state index in [1.807, 2.05) is 0 Å². The van der Waals surface area contributed by atoms with E-state index in [9.17, 15) is 4.79 Å². The third-order valence-corrected chi connectivity index (χ3v) is 2.59. The topological polar surface area (TPSA) is 38.3 Å². The van der Waals surface area contributed by atoms with Gasteiger partial charge in [-0.25, -0.2) is 0 Å². The Morgan fingerprint density at radius 3 is 3.00 bits per heavy atom. The van der Waals surface area contributed by atoms with Crippen molar-refractivity contribution in [3.05, 3.63) is 0 Å². The van der Waals surface area contributed by atoms with Gasteiger partial charge in [-0.05, 0) is 25.3 Å². The second-order valence-electron chi connectivity index (χ2n) is 3.08. The molecule has 56 valence electrons. The Morgan fingerprint density at radius 2 is 2.60 bits per heavy atom. The Labute approximate surface area is 59.7 Å². The third-order valence-electron chi connectivity index (χ3n) is 2.59. The van der Waals surface area contributed by atoms with Gasteiger partial charge in [-0.1, -0.05) is 0 Å². The van der Waals surface area contributed by atoms with E-state index < -0.39 is 0 Å². The van der Waals surface area contributed by atoms with E-state index in [4.69, 9.17) is 0 Å². The molecule has 0 spiro atoms. The maximum Gasteiger partial charge on any atom is 0.326 e. The van der Waals surface area contributed by atoms with Crippen LogP contribution in [0.1, 0.15) is 12.8 Å². The quantitative estimate of drug-likeness (QED) is 0.519. The van der Waals surface area contributed by atoms with Crippen molar-refractivity contribution < 1.29 is 9.53 Å². The fourth-order valence-electron chi connectivity index (χ4n) is 1.87. The van der Waals surface area contributed by atoms with Gasteiger partial charge in [0.2, 0.25) is 0 Å². The molecule has 2 aliphatic rings. The fraction of sp³-hybridized carbons (Fsp3) is 0.857. The van der Waals surface area contributed by atoms with E-state index in [1.54, 1.807) is 0 Å². The zero-order valence-electron chi connectivity index (χ0n) is 6.02. The van der Waals surface area contributed by atoms with E-state index in [0.29, 0.717) is 5.92 Å². The SMILES string of the molecule is COC(=O)C12CC1CCN2. The zero-order valence-corrected chi connectivity index (χ0v) is 6.02. The molecular formula is C7H11NO2. The molecule has 1 saturated heterocycles. The van der Waals surface area contributed by atoms with Crippen LogP contribution < -0.4 is 5.32 Å². The molecule has 2 atom stereocenters. The molecule has 1 heterocycles. The minimum atomic E-state index is -0.241. The highest BCUT2D eigenvalue weighted by molar-refractivity contribution is 5.85. The first kappa shape index (κ1) is 6.16. The molecule has 2 rings (SSSR count). The Balaban J connectivity index is 2.11. The van der Waals surface area contributed by atoms with Gasteiger partial charge in [0.1, 0.15) is 5.54 Å². The maximum atomic E-state index is 11.1. The minimum absolute atomic E-state index is 0.0741. The second-order valence-corrected chi connectivity index (χ2v) is 3.08. The number of carbonyl (C=O) groups is 1. The van der Waals surface area contributed by atoms with Gasteiger partial charge in [-0.15, -0.1) is 0 Å². The molecule has 0 bridgehead atoms. The standard InChI is InChI=1S/C7H11NO2/c1-10-6(9)7-4-5(7)2-3-8-7/h5,8H,2-4H2,1H3. The summed E-state index contributed by atoms with van der Waals surface area (Å²) in [6, 6.07) is 0. The summed E-state index contributed by atoms with van der Waals surface area (Å²) >= 11 is 0. The minimum Gasteiger partial charge on any atom is -0.468 e. The molecule has 10 heavy (non-hydrogen) atoms. The highest BCUT2D eigenvalue weighted by Crippen LogP contribution is 2.50. The van der Waals surface area contributed by atoms with Crippen molar-refractivity contribution >= 4 is 5.97 Å². The van der Waals surface area contributed by atoms with Crippen molar-refractivity contribution in [2.24, 2.45) is 5.92 Å². The average molecular weight is 141 g/mol. The lowest BCUT2D eigenvalue weighted by Gasteiger charge is -2.08. The van der Waals surface area contributed by atoms with Crippen LogP contribution in [-0.4, -0.2) is 25.2 Å². The average Bonchev–Trinajstić information content (AvgIpc) is 2.54. The molecule has 1 N–H and O–H groups in total. The number of carbonyl (C=O) groups excluding carboxylic acids is 1. The van der Waals surface area contributed by atoms with Crippen LogP contribution >= 0.6 is 0 Å². The van der Waals surface area contributed by atoms with Gasteiger partial charge in [-0.2, -0.15) is 0 Å². The van der Waals surface area contributed by atoms with Gasteiger partial charge in [0.25, 0.3) is 0 Å². The predicted octanol–water partition coefficient (Wildman–Crippen LogP) is -0.0886. The Morgan fingerprint density at radius 1 is 1.80 bits per heavy atom. The summed E-state index contributed by atoms with van der Waals surface area (Å²) < 4.78 is 4.68. The van der Waals surface area contributed by atoms with Crippen LogP contribution in [0.3, 0.4) is 0 Å². The molecule has 2 fully saturated rings. The summed E-state index contributed by atoms with van der Waals surface area (Å²) in [4.78, 5) is 11.1. The van der Waals surface area contributed by atoms with Gasteiger partial charge in [0.15, 0.2) is 0 Å². The van der Waals surface area contributed by atoms with Crippen molar-refractivity contribution in [1.29, 1.82) is 0 Å². The number of ether oxygens (including phenoxy) is 1. The predicted molar refractivity (Wildman–Crippen MR) is 35.5 cm³/mol. The van der Waals surface area contributed by atoms with Crippen LogP contribution in [0.4, 0.5) is 0 Å². The summed E-state index contributed by atoms with van der Waals surface area (Å²) in [7, 11) is 1.45. The molecular weight excluding hydrogens is 130 g/mol. The first-order chi connectivity index (χ1) is 4.79. The monoisotopic (exact) mass is 141 g/mol. The van der Waals surface area contributed by atoms with Crippen molar-refractivity contribution in [3.63, 3.8) is 0 Å². The van der Waals surface area contributed by atoms with Crippen LogP contribution in [0.25, 0.3) is 0 Å². The molecule has 0 aromatic carbocycles. The lowest BCUT2D eigenvalue weighted by molar-refractivity contribution is -0.144. The molecule has 1 aliphatic heterocycles. The summed E-state index contributed by atoms with van der Waals surface area (Å²) in [5, 5.41) is 3.18. The molecule has 0 radical (unpaired) electrons. The molecule has 3 nitrogen and oxygen atoms in total. The van der Waals surface area contributed by atoms with Crippen LogP contribution in [0.2, 0.25) is 0 Å². The summed E-state index contributed by atoms with van der Waals surface area (Å²) in [5.41, 5.74) is -0.241. The number of hydrogen-bond acceptors (Lipinski definition) is 3. The number of piperidine rings is 1. The normalized spacial score (nSPS) is 42.7. The number of fused-ring (bicyclic) bond motifs is 1. The van der Waals surface area contributed by atoms with Gasteiger partial charge in [-0.3, -0.25) is 4.79 Å². The summed E-state index contributed by atoms with van der Waals surface area (Å²) in [6.45, 7) is 0.972. The van der Waals surface area contributed by atoms with Gasteiger partial charge >= 0.3 is 5.97 Å². The van der Waals surface area contributed by atoms with Crippen LogP contribution in [0.15, 0.2) is 0 Å². The molecule has 1 saturated carbocycles. The van der Waals surface area contributed by atoms with Crippen molar-refractivity contribution in [1.82, 2.24) is 5.32 Å². The lowest BCUT2D eigenvalue weighted by atomic mass is 10.2. The second kappa shape index (κ2) is 1.72. The molecule has 0 aromatic rings. The largest absolute Gasteiger partial charge is 0.468 e. The van der Waals surface area contributed by atoms with E-state index in [1.165, 1.54) is 7.11 Å². The van der Waals surface area contributed by atoms with E-state index >= 15 is 0 Å². The smallest absolute Gasteiger partial charge is 0.326 e. The molecule has 0 aromatic heterocycles.